The van der Waals surface area contributed by atoms with Gasteiger partial charge in [0.15, 0.2) is 5.96 Å². The Morgan fingerprint density at radius 2 is 2.03 bits per heavy atom. The molecule has 0 saturated carbocycles. The molecule has 1 aromatic heterocycles. The Bertz CT molecular complexity index is 832. The standard InChI is InChI=1S/C24H35N5O2/c1-4-25-24(27-16-21(30)17-31-22-7-5-6-18(2)14-22)28-20-10-12-29(13-11-20)23-9-8-19(3)15-26-23/h5-9,14-15,20-21,30H,4,10-13,16-17H2,1-3H3,(H2,25,27,28). The molecule has 168 valence electrons. The third kappa shape index (κ3) is 7.43. The number of nitrogens with one attached hydrogen (secondary N) is 2. The van der Waals surface area contributed by atoms with Crippen molar-refractivity contribution in [2.24, 2.45) is 4.99 Å². The number of hydrogen-bond acceptors (Lipinski definition) is 5. The average Bonchev–Trinajstić information content (AvgIpc) is 2.77. The van der Waals surface area contributed by atoms with E-state index in [1.54, 1.807) is 0 Å². The highest BCUT2D eigenvalue weighted by Crippen LogP contribution is 2.18. The molecule has 1 atom stereocenters. The summed E-state index contributed by atoms with van der Waals surface area (Å²) in [6.45, 7) is 9.31. The Kier molecular flexibility index (Phi) is 8.53. The van der Waals surface area contributed by atoms with Gasteiger partial charge in [0, 0.05) is 31.9 Å². The molecule has 0 amide bonds. The number of piperidine rings is 1. The van der Waals surface area contributed by atoms with Crippen LogP contribution in [-0.4, -0.2) is 61.0 Å². The quantitative estimate of drug-likeness (QED) is 0.446. The van der Waals surface area contributed by atoms with E-state index in [4.69, 9.17) is 4.74 Å². The summed E-state index contributed by atoms with van der Waals surface area (Å²) in [5, 5.41) is 17.1. The number of benzene rings is 1. The summed E-state index contributed by atoms with van der Waals surface area (Å²) < 4.78 is 5.68. The number of pyridine rings is 1. The van der Waals surface area contributed by atoms with E-state index < -0.39 is 6.10 Å². The first kappa shape index (κ1) is 22.9. The van der Waals surface area contributed by atoms with Gasteiger partial charge < -0.3 is 25.4 Å². The molecule has 1 aliphatic rings. The zero-order valence-electron chi connectivity index (χ0n) is 18.8. The number of aliphatic hydroxyl groups is 1. The zero-order valence-corrected chi connectivity index (χ0v) is 18.8. The number of ether oxygens (including phenoxy) is 1. The summed E-state index contributed by atoms with van der Waals surface area (Å²) in [7, 11) is 0. The maximum absolute atomic E-state index is 10.3. The Hall–Kier alpha value is -2.80. The van der Waals surface area contributed by atoms with Gasteiger partial charge in [0.25, 0.3) is 0 Å². The number of nitrogens with zero attached hydrogens (tertiary/aromatic N) is 3. The van der Waals surface area contributed by atoms with Crippen molar-refractivity contribution in [2.75, 3.05) is 37.7 Å². The molecule has 1 aromatic carbocycles. The van der Waals surface area contributed by atoms with Gasteiger partial charge in [0.05, 0.1) is 6.54 Å². The minimum absolute atomic E-state index is 0.217. The lowest BCUT2D eigenvalue weighted by molar-refractivity contribution is 0.114. The highest BCUT2D eigenvalue weighted by molar-refractivity contribution is 5.80. The van der Waals surface area contributed by atoms with Crippen LogP contribution in [0.3, 0.4) is 0 Å². The van der Waals surface area contributed by atoms with Gasteiger partial charge >= 0.3 is 0 Å². The topological polar surface area (TPSA) is 82.0 Å². The van der Waals surface area contributed by atoms with Crippen molar-refractivity contribution in [1.82, 2.24) is 15.6 Å². The van der Waals surface area contributed by atoms with E-state index in [1.807, 2.05) is 44.3 Å². The molecule has 1 saturated heterocycles. The predicted molar refractivity (Wildman–Crippen MR) is 126 cm³/mol. The number of hydrogen-bond donors (Lipinski definition) is 3. The van der Waals surface area contributed by atoms with Crippen LogP contribution in [0.25, 0.3) is 0 Å². The smallest absolute Gasteiger partial charge is 0.191 e. The van der Waals surface area contributed by atoms with Crippen LogP contribution in [0.2, 0.25) is 0 Å². The normalized spacial score (nSPS) is 16.1. The first-order chi connectivity index (χ1) is 15.0. The molecule has 2 heterocycles. The minimum atomic E-state index is -0.662. The number of aliphatic hydroxyl groups excluding tert-OH is 1. The highest BCUT2D eigenvalue weighted by atomic mass is 16.5. The van der Waals surface area contributed by atoms with Gasteiger partial charge in [-0.05, 0) is 62.9 Å². The summed E-state index contributed by atoms with van der Waals surface area (Å²) in [5.74, 6) is 2.55. The molecule has 1 fully saturated rings. The molecule has 0 bridgehead atoms. The molecule has 7 heteroatoms. The van der Waals surface area contributed by atoms with Gasteiger partial charge in [-0.15, -0.1) is 0 Å². The second kappa shape index (κ2) is 11.6. The van der Waals surface area contributed by atoms with E-state index in [0.717, 1.165) is 55.6 Å². The number of guanidine groups is 1. The van der Waals surface area contributed by atoms with Crippen molar-refractivity contribution >= 4 is 11.8 Å². The number of aryl methyl sites for hydroxylation is 2. The highest BCUT2D eigenvalue weighted by Gasteiger charge is 2.21. The number of aliphatic imine (C=N–C) groups is 1. The molecule has 0 aliphatic carbocycles. The van der Waals surface area contributed by atoms with Crippen molar-refractivity contribution in [1.29, 1.82) is 0 Å². The summed E-state index contributed by atoms with van der Waals surface area (Å²) >= 11 is 0. The third-order valence-electron chi connectivity index (χ3n) is 5.29. The van der Waals surface area contributed by atoms with E-state index in [1.165, 1.54) is 5.56 Å². The summed E-state index contributed by atoms with van der Waals surface area (Å²) in [5.41, 5.74) is 2.31. The molecular formula is C24H35N5O2. The lowest BCUT2D eigenvalue weighted by atomic mass is 10.1. The number of anilines is 1. The maximum atomic E-state index is 10.3. The fourth-order valence-electron chi connectivity index (χ4n) is 3.56. The summed E-state index contributed by atoms with van der Waals surface area (Å²) in [4.78, 5) is 11.4. The van der Waals surface area contributed by atoms with Crippen LogP contribution in [0.5, 0.6) is 5.75 Å². The number of rotatable bonds is 8. The third-order valence-corrected chi connectivity index (χ3v) is 5.29. The second-order valence-corrected chi connectivity index (χ2v) is 8.10. The fraction of sp³-hybridized carbons (Fsp3) is 0.500. The first-order valence-electron chi connectivity index (χ1n) is 11.1. The largest absolute Gasteiger partial charge is 0.491 e. The van der Waals surface area contributed by atoms with Crippen molar-refractivity contribution in [2.45, 2.75) is 45.8 Å². The van der Waals surface area contributed by atoms with Gasteiger partial charge in [0.2, 0.25) is 0 Å². The van der Waals surface area contributed by atoms with Crippen LogP contribution in [0, 0.1) is 13.8 Å². The Balaban J connectivity index is 1.45. The van der Waals surface area contributed by atoms with E-state index >= 15 is 0 Å². The Labute approximate surface area is 185 Å². The maximum Gasteiger partial charge on any atom is 0.191 e. The molecule has 0 radical (unpaired) electrons. The molecule has 3 N–H and O–H groups in total. The lowest BCUT2D eigenvalue weighted by Gasteiger charge is -2.34. The molecule has 7 nitrogen and oxygen atoms in total. The van der Waals surface area contributed by atoms with E-state index in [2.05, 4.69) is 44.6 Å². The Morgan fingerprint density at radius 3 is 2.71 bits per heavy atom. The van der Waals surface area contributed by atoms with Crippen molar-refractivity contribution in [3.63, 3.8) is 0 Å². The van der Waals surface area contributed by atoms with Gasteiger partial charge in [-0.1, -0.05) is 18.2 Å². The monoisotopic (exact) mass is 425 g/mol. The predicted octanol–water partition coefficient (Wildman–Crippen LogP) is 2.66. The second-order valence-electron chi connectivity index (χ2n) is 8.10. The van der Waals surface area contributed by atoms with Gasteiger partial charge in [-0.3, -0.25) is 4.99 Å². The van der Waals surface area contributed by atoms with Crippen LogP contribution in [-0.2, 0) is 0 Å². The molecule has 3 rings (SSSR count). The summed E-state index contributed by atoms with van der Waals surface area (Å²) in [6.07, 6.45) is 3.28. The van der Waals surface area contributed by atoms with Crippen LogP contribution in [0.15, 0.2) is 47.6 Å². The van der Waals surface area contributed by atoms with Crippen molar-refractivity contribution in [3.8, 4) is 5.75 Å². The van der Waals surface area contributed by atoms with Crippen LogP contribution >= 0.6 is 0 Å². The van der Waals surface area contributed by atoms with E-state index in [9.17, 15) is 5.11 Å². The van der Waals surface area contributed by atoms with Crippen LogP contribution in [0.1, 0.15) is 30.9 Å². The minimum Gasteiger partial charge on any atom is -0.491 e. The molecular weight excluding hydrogens is 390 g/mol. The molecule has 1 unspecified atom stereocenters. The van der Waals surface area contributed by atoms with Gasteiger partial charge in [-0.25, -0.2) is 4.98 Å². The fourth-order valence-corrected chi connectivity index (χ4v) is 3.56. The van der Waals surface area contributed by atoms with Gasteiger partial charge in [0.1, 0.15) is 24.3 Å². The molecule has 0 spiro atoms. The zero-order chi connectivity index (χ0) is 22.1. The van der Waals surface area contributed by atoms with Gasteiger partial charge in [-0.2, -0.15) is 0 Å². The molecule has 2 aromatic rings. The van der Waals surface area contributed by atoms with E-state index in [0.29, 0.717) is 6.04 Å². The molecule has 31 heavy (non-hydrogen) atoms. The SMILES string of the molecule is CCNC(=NCC(O)COc1cccc(C)c1)NC1CCN(c2ccc(C)cn2)CC1. The first-order valence-corrected chi connectivity index (χ1v) is 11.1. The van der Waals surface area contributed by atoms with Crippen LogP contribution in [0.4, 0.5) is 5.82 Å². The summed E-state index contributed by atoms with van der Waals surface area (Å²) in [6, 6.07) is 12.4. The molecule has 1 aliphatic heterocycles. The lowest BCUT2D eigenvalue weighted by Crippen LogP contribution is -2.49. The number of aromatic nitrogens is 1. The average molecular weight is 426 g/mol. The van der Waals surface area contributed by atoms with E-state index in [-0.39, 0.29) is 13.2 Å². The van der Waals surface area contributed by atoms with Crippen molar-refractivity contribution < 1.29 is 9.84 Å². The van der Waals surface area contributed by atoms with Crippen molar-refractivity contribution in [3.05, 3.63) is 53.7 Å². The Morgan fingerprint density at radius 1 is 1.23 bits per heavy atom. The van der Waals surface area contributed by atoms with Crippen LogP contribution < -0.4 is 20.3 Å².